The first-order chi connectivity index (χ1) is 13.5. The van der Waals surface area contributed by atoms with Crippen molar-refractivity contribution in [3.05, 3.63) is 66.9 Å². The highest BCUT2D eigenvalue weighted by Gasteiger charge is 2.30. The van der Waals surface area contributed by atoms with Gasteiger partial charge in [0.1, 0.15) is 17.4 Å². The van der Waals surface area contributed by atoms with Crippen molar-refractivity contribution < 1.29 is 13.2 Å². The van der Waals surface area contributed by atoms with Crippen molar-refractivity contribution in [1.29, 1.82) is 0 Å². The molecule has 0 fully saturated rings. The van der Waals surface area contributed by atoms with E-state index in [0.29, 0.717) is 33.3 Å². The van der Waals surface area contributed by atoms with Crippen LogP contribution in [-0.2, 0) is 6.18 Å². The molecule has 1 aromatic carbocycles. The summed E-state index contributed by atoms with van der Waals surface area (Å²) in [7, 11) is 0. The first-order valence-corrected chi connectivity index (χ1v) is 8.31. The van der Waals surface area contributed by atoms with Crippen LogP contribution in [0.5, 0.6) is 0 Å². The summed E-state index contributed by atoms with van der Waals surface area (Å²) in [5, 5.41) is 8.32. The molecule has 6 nitrogen and oxygen atoms in total. The van der Waals surface area contributed by atoms with Crippen molar-refractivity contribution in [1.82, 2.24) is 24.6 Å². The van der Waals surface area contributed by atoms with E-state index in [1.165, 1.54) is 6.07 Å². The number of hydrogen-bond donors (Lipinski definition) is 1. The molecule has 4 heterocycles. The molecule has 0 aliphatic heterocycles. The Hall–Kier alpha value is -3.75. The fraction of sp³-hybridized carbons (Fsp3) is 0.0526. The van der Waals surface area contributed by atoms with Gasteiger partial charge in [-0.3, -0.25) is 4.98 Å². The Bertz CT molecular complexity index is 1340. The highest BCUT2D eigenvalue weighted by Crippen LogP contribution is 2.35. The van der Waals surface area contributed by atoms with Crippen molar-refractivity contribution in [3.63, 3.8) is 0 Å². The SMILES string of the molecule is FC(F)(F)c1cccc(Nc2c3ccncc3nc3c2nn2cnccc32)c1. The Labute approximate surface area is 155 Å². The largest absolute Gasteiger partial charge is 0.416 e. The molecular weight excluding hydrogens is 369 g/mol. The van der Waals surface area contributed by atoms with E-state index in [0.717, 1.165) is 17.6 Å². The minimum absolute atomic E-state index is 0.301. The molecule has 0 bridgehead atoms. The molecule has 0 amide bonds. The van der Waals surface area contributed by atoms with Crippen LogP contribution in [0, 0.1) is 0 Å². The number of nitrogens with zero attached hydrogens (tertiary/aromatic N) is 5. The van der Waals surface area contributed by atoms with Crippen LogP contribution < -0.4 is 5.32 Å². The fourth-order valence-electron chi connectivity index (χ4n) is 3.15. The number of aromatic nitrogens is 5. The summed E-state index contributed by atoms with van der Waals surface area (Å²) in [4.78, 5) is 12.8. The van der Waals surface area contributed by atoms with E-state index in [-0.39, 0.29) is 0 Å². The van der Waals surface area contributed by atoms with Crippen LogP contribution in [0.15, 0.2) is 61.3 Å². The van der Waals surface area contributed by atoms with Crippen molar-refractivity contribution in [3.8, 4) is 0 Å². The summed E-state index contributed by atoms with van der Waals surface area (Å²) < 4.78 is 40.8. The second kappa shape index (κ2) is 5.88. The number of nitrogens with one attached hydrogen (secondary N) is 1. The third kappa shape index (κ3) is 2.59. The van der Waals surface area contributed by atoms with E-state index in [1.54, 1.807) is 47.6 Å². The van der Waals surface area contributed by atoms with E-state index in [1.807, 2.05) is 0 Å². The fourth-order valence-corrected chi connectivity index (χ4v) is 3.15. The minimum Gasteiger partial charge on any atom is -0.353 e. The zero-order valence-electron chi connectivity index (χ0n) is 14.1. The van der Waals surface area contributed by atoms with Crippen molar-refractivity contribution in [2.45, 2.75) is 6.18 Å². The molecule has 28 heavy (non-hydrogen) atoms. The lowest BCUT2D eigenvalue weighted by atomic mass is 10.1. The molecule has 0 saturated carbocycles. The van der Waals surface area contributed by atoms with Crippen LogP contribution in [0.1, 0.15) is 5.56 Å². The van der Waals surface area contributed by atoms with Gasteiger partial charge < -0.3 is 5.32 Å². The lowest BCUT2D eigenvalue weighted by molar-refractivity contribution is -0.137. The summed E-state index contributed by atoms with van der Waals surface area (Å²) in [5.41, 5.74) is 2.62. The first-order valence-electron chi connectivity index (χ1n) is 8.31. The van der Waals surface area contributed by atoms with Gasteiger partial charge in [-0.1, -0.05) is 6.07 Å². The topological polar surface area (TPSA) is 68.0 Å². The Kier molecular flexibility index (Phi) is 3.45. The summed E-state index contributed by atoms with van der Waals surface area (Å²) >= 11 is 0. The molecule has 138 valence electrons. The zero-order chi connectivity index (χ0) is 19.3. The number of hydrogen-bond acceptors (Lipinski definition) is 5. The quantitative estimate of drug-likeness (QED) is 0.485. The molecule has 0 radical (unpaired) electrons. The van der Waals surface area contributed by atoms with Crippen molar-refractivity contribution in [2.75, 3.05) is 5.32 Å². The summed E-state index contributed by atoms with van der Waals surface area (Å²) in [6.07, 6.45) is 1.97. The summed E-state index contributed by atoms with van der Waals surface area (Å²) in [5.74, 6) is 0. The molecule has 5 aromatic rings. The van der Waals surface area contributed by atoms with Crippen LogP contribution in [0.4, 0.5) is 24.5 Å². The number of halogens is 3. The van der Waals surface area contributed by atoms with Crippen molar-refractivity contribution >= 4 is 38.8 Å². The minimum atomic E-state index is -4.42. The highest BCUT2D eigenvalue weighted by molar-refractivity contribution is 6.10. The van der Waals surface area contributed by atoms with E-state index < -0.39 is 11.7 Å². The van der Waals surface area contributed by atoms with Crippen LogP contribution in [0.3, 0.4) is 0 Å². The Morgan fingerprint density at radius 2 is 1.82 bits per heavy atom. The molecule has 0 spiro atoms. The third-order valence-electron chi connectivity index (χ3n) is 4.41. The molecule has 5 rings (SSSR count). The molecule has 9 heteroatoms. The highest BCUT2D eigenvalue weighted by atomic mass is 19.4. The molecule has 0 saturated heterocycles. The van der Waals surface area contributed by atoms with E-state index >= 15 is 0 Å². The average molecular weight is 380 g/mol. The van der Waals surface area contributed by atoms with Crippen LogP contribution in [0.25, 0.3) is 27.5 Å². The van der Waals surface area contributed by atoms with E-state index in [9.17, 15) is 13.2 Å². The molecule has 0 unspecified atom stereocenters. The maximum atomic E-state index is 13.1. The maximum Gasteiger partial charge on any atom is 0.416 e. The number of pyridine rings is 2. The molecule has 0 atom stereocenters. The van der Waals surface area contributed by atoms with E-state index in [4.69, 9.17) is 0 Å². The van der Waals surface area contributed by atoms with Gasteiger partial charge in [-0.15, -0.1) is 0 Å². The van der Waals surface area contributed by atoms with Gasteiger partial charge in [0.2, 0.25) is 0 Å². The first kappa shape index (κ1) is 16.4. The molecule has 0 aliphatic carbocycles. The van der Waals surface area contributed by atoms with Gasteiger partial charge in [0.15, 0.2) is 0 Å². The molecule has 1 N–H and O–H groups in total. The Morgan fingerprint density at radius 3 is 2.68 bits per heavy atom. The average Bonchev–Trinajstić information content (AvgIpc) is 3.06. The van der Waals surface area contributed by atoms with Gasteiger partial charge in [0.25, 0.3) is 0 Å². The third-order valence-corrected chi connectivity index (χ3v) is 4.41. The monoisotopic (exact) mass is 380 g/mol. The second-order valence-electron chi connectivity index (χ2n) is 6.19. The van der Waals surface area contributed by atoms with E-state index in [2.05, 4.69) is 25.4 Å². The number of alkyl halides is 3. The van der Waals surface area contributed by atoms with Gasteiger partial charge >= 0.3 is 6.18 Å². The van der Waals surface area contributed by atoms with Gasteiger partial charge in [-0.25, -0.2) is 14.5 Å². The predicted octanol–water partition coefficient (Wildman–Crippen LogP) is 4.59. The van der Waals surface area contributed by atoms with Gasteiger partial charge in [0, 0.05) is 23.5 Å². The maximum absolute atomic E-state index is 13.1. The lowest BCUT2D eigenvalue weighted by Crippen LogP contribution is -2.05. The molecular formula is C19H11F3N6. The number of anilines is 2. The standard InChI is InChI=1S/C19H11F3N6/c20-19(21,22)11-2-1-3-12(8-11)25-16-13-4-6-23-9-14(13)26-17-15-5-7-24-10-28(15)27-18(16)17/h1-10,25H. The number of fused-ring (bicyclic) bond motifs is 4. The van der Waals surface area contributed by atoms with Gasteiger partial charge in [-0.05, 0) is 30.3 Å². The van der Waals surface area contributed by atoms with Crippen LogP contribution in [-0.4, -0.2) is 24.6 Å². The Balaban J connectivity index is 1.77. The number of rotatable bonds is 2. The molecule has 4 aromatic heterocycles. The predicted molar refractivity (Wildman–Crippen MR) is 98.3 cm³/mol. The normalized spacial score (nSPS) is 12.1. The number of benzene rings is 1. The summed E-state index contributed by atoms with van der Waals surface area (Å²) in [6, 6.07) is 8.56. The zero-order valence-corrected chi connectivity index (χ0v) is 14.1. The smallest absolute Gasteiger partial charge is 0.353 e. The van der Waals surface area contributed by atoms with Gasteiger partial charge in [-0.2, -0.15) is 18.3 Å². The molecule has 0 aliphatic rings. The van der Waals surface area contributed by atoms with Crippen molar-refractivity contribution in [2.24, 2.45) is 0 Å². The second-order valence-corrected chi connectivity index (χ2v) is 6.19. The van der Waals surface area contributed by atoms with Gasteiger partial charge in [0.05, 0.1) is 28.5 Å². The van der Waals surface area contributed by atoms with Crippen LogP contribution >= 0.6 is 0 Å². The lowest BCUT2D eigenvalue weighted by Gasteiger charge is -2.12. The summed E-state index contributed by atoms with van der Waals surface area (Å²) in [6.45, 7) is 0. The van der Waals surface area contributed by atoms with Crippen LogP contribution in [0.2, 0.25) is 0 Å². The Morgan fingerprint density at radius 1 is 0.964 bits per heavy atom.